The average Bonchev–Trinajstić information content (AvgIpc) is 2.99. The van der Waals surface area contributed by atoms with E-state index < -0.39 is 10.0 Å². The van der Waals surface area contributed by atoms with E-state index in [1.807, 2.05) is 0 Å². The molecule has 2 amide bonds. The minimum absolute atomic E-state index is 0.0397. The zero-order valence-corrected chi connectivity index (χ0v) is 14.0. The van der Waals surface area contributed by atoms with E-state index in [2.05, 4.69) is 5.32 Å². The number of nitrogens with one attached hydrogen (secondary N) is 1. The van der Waals surface area contributed by atoms with E-state index >= 15 is 0 Å². The predicted molar refractivity (Wildman–Crippen MR) is 86.7 cm³/mol. The highest BCUT2D eigenvalue weighted by Crippen LogP contribution is 2.18. The van der Waals surface area contributed by atoms with Gasteiger partial charge in [-0.15, -0.1) is 0 Å². The third kappa shape index (κ3) is 5.40. The Bertz CT molecular complexity index is 625. The van der Waals surface area contributed by atoms with Crippen LogP contribution in [0.2, 0.25) is 0 Å². The summed E-state index contributed by atoms with van der Waals surface area (Å²) in [4.78, 5) is 13.6. The molecule has 2 rings (SSSR count). The molecule has 3 N–H and O–H groups in total. The van der Waals surface area contributed by atoms with Crippen LogP contribution in [0, 0.1) is 0 Å². The van der Waals surface area contributed by atoms with Gasteiger partial charge in [-0.2, -0.15) is 0 Å². The summed E-state index contributed by atoms with van der Waals surface area (Å²) in [7, 11) is -1.97. The Morgan fingerprint density at radius 1 is 1.30 bits per heavy atom. The van der Waals surface area contributed by atoms with Gasteiger partial charge in [0.1, 0.15) is 12.4 Å². The van der Waals surface area contributed by atoms with Gasteiger partial charge in [0.05, 0.1) is 11.4 Å². The lowest BCUT2D eigenvalue weighted by atomic mass is 10.2. The number of amides is 2. The van der Waals surface area contributed by atoms with Gasteiger partial charge < -0.3 is 15.0 Å². The van der Waals surface area contributed by atoms with E-state index in [1.54, 1.807) is 24.1 Å². The highest BCUT2D eigenvalue weighted by atomic mass is 32.2. The van der Waals surface area contributed by atoms with Crippen LogP contribution in [0.5, 0.6) is 5.75 Å². The van der Waals surface area contributed by atoms with Crippen LogP contribution in [0.15, 0.2) is 29.2 Å². The Labute approximate surface area is 136 Å². The largest absolute Gasteiger partial charge is 0.492 e. The van der Waals surface area contributed by atoms with E-state index in [-0.39, 0.29) is 17.0 Å². The van der Waals surface area contributed by atoms with Crippen molar-refractivity contribution < 1.29 is 17.9 Å². The Morgan fingerprint density at radius 3 is 2.48 bits per heavy atom. The van der Waals surface area contributed by atoms with Crippen molar-refractivity contribution >= 4 is 16.1 Å². The molecule has 1 aliphatic rings. The Balaban J connectivity index is 1.74. The Hall–Kier alpha value is -1.80. The van der Waals surface area contributed by atoms with Gasteiger partial charge in [0.25, 0.3) is 0 Å². The lowest BCUT2D eigenvalue weighted by Crippen LogP contribution is -2.43. The van der Waals surface area contributed by atoms with Gasteiger partial charge in [-0.25, -0.2) is 18.4 Å². The second-order valence-electron chi connectivity index (χ2n) is 5.72. The number of likely N-dealkylation sites (N-methyl/N-ethyl adjacent to an activating group) is 1. The number of carbonyl (C=O) groups is 1. The van der Waals surface area contributed by atoms with Gasteiger partial charge in [-0.05, 0) is 37.1 Å². The SMILES string of the molecule is CN(CCOc1ccc(S(N)(=O)=O)cc1)C(=O)NC1CCCC1. The van der Waals surface area contributed by atoms with Crippen molar-refractivity contribution in [3.8, 4) is 5.75 Å². The third-order valence-electron chi connectivity index (χ3n) is 3.88. The summed E-state index contributed by atoms with van der Waals surface area (Å²) in [5.74, 6) is 0.530. The number of ether oxygens (including phenoxy) is 1. The zero-order valence-electron chi connectivity index (χ0n) is 13.2. The van der Waals surface area contributed by atoms with Crippen molar-refractivity contribution in [1.29, 1.82) is 0 Å². The number of hydrogen-bond acceptors (Lipinski definition) is 4. The fraction of sp³-hybridized carbons (Fsp3) is 0.533. The van der Waals surface area contributed by atoms with Crippen LogP contribution in [0.1, 0.15) is 25.7 Å². The highest BCUT2D eigenvalue weighted by molar-refractivity contribution is 7.89. The molecule has 128 valence electrons. The van der Waals surface area contributed by atoms with Crippen molar-refractivity contribution in [3.05, 3.63) is 24.3 Å². The molecule has 0 atom stereocenters. The molecule has 1 aliphatic carbocycles. The van der Waals surface area contributed by atoms with Crippen molar-refractivity contribution in [2.75, 3.05) is 20.2 Å². The van der Waals surface area contributed by atoms with E-state index in [1.165, 1.54) is 25.0 Å². The summed E-state index contributed by atoms with van der Waals surface area (Å²) in [6.07, 6.45) is 4.44. The van der Waals surface area contributed by atoms with Crippen molar-refractivity contribution in [2.24, 2.45) is 5.14 Å². The molecular formula is C15H23N3O4S. The van der Waals surface area contributed by atoms with Crippen LogP contribution < -0.4 is 15.2 Å². The molecule has 8 heteroatoms. The number of nitrogens with zero attached hydrogens (tertiary/aromatic N) is 1. The van der Waals surface area contributed by atoms with Crippen LogP contribution in [-0.2, 0) is 10.0 Å². The normalized spacial score (nSPS) is 15.4. The van der Waals surface area contributed by atoms with E-state index in [4.69, 9.17) is 9.88 Å². The molecule has 23 heavy (non-hydrogen) atoms. The topological polar surface area (TPSA) is 102 Å². The molecule has 0 spiro atoms. The monoisotopic (exact) mass is 341 g/mol. The predicted octanol–water partition coefficient (Wildman–Crippen LogP) is 1.30. The molecule has 0 radical (unpaired) electrons. The smallest absolute Gasteiger partial charge is 0.317 e. The molecular weight excluding hydrogens is 318 g/mol. The lowest BCUT2D eigenvalue weighted by molar-refractivity contribution is 0.192. The van der Waals surface area contributed by atoms with Crippen LogP contribution >= 0.6 is 0 Å². The third-order valence-corrected chi connectivity index (χ3v) is 4.81. The summed E-state index contributed by atoms with van der Waals surface area (Å²) >= 11 is 0. The molecule has 0 unspecified atom stereocenters. The average molecular weight is 341 g/mol. The van der Waals surface area contributed by atoms with Gasteiger partial charge >= 0.3 is 6.03 Å². The van der Waals surface area contributed by atoms with E-state index in [9.17, 15) is 13.2 Å². The summed E-state index contributed by atoms with van der Waals surface area (Å²) in [5.41, 5.74) is 0. The minimum atomic E-state index is -3.69. The maximum absolute atomic E-state index is 12.0. The molecule has 0 aromatic heterocycles. The van der Waals surface area contributed by atoms with Crippen LogP contribution in [0.3, 0.4) is 0 Å². The first-order valence-electron chi connectivity index (χ1n) is 7.63. The first kappa shape index (κ1) is 17.6. The van der Waals surface area contributed by atoms with Crippen molar-refractivity contribution in [3.63, 3.8) is 0 Å². The van der Waals surface area contributed by atoms with Gasteiger partial charge in [0.15, 0.2) is 0 Å². The molecule has 0 saturated heterocycles. The summed E-state index contributed by atoms with van der Waals surface area (Å²) < 4.78 is 27.8. The van der Waals surface area contributed by atoms with Gasteiger partial charge in [0.2, 0.25) is 10.0 Å². The van der Waals surface area contributed by atoms with E-state index in [0.717, 1.165) is 12.8 Å². The van der Waals surface area contributed by atoms with Crippen molar-refractivity contribution in [1.82, 2.24) is 10.2 Å². The Kier molecular flexibility index (Phi) is 5.84. The summed E-state index contributed by atoms with van der Waals surface area (Å²) in [6, 6.07) is 6.06. The molecule has 1 fully saturated rings. The number of benzene rings is 1. The number of hydrogen-bond donors (Lipinski definition) is 2. The lowest BCUT2D eigenvalue weighted by Gasteiger charge is -2.21. The zero-order chi connectivity index (χ0) is 16.9. The maximum atomic E-state index is 12.0. The van der Waals surface area contributed by atoms with Crippen molar-refractivity contribution in [2.45, 2.75) is 36.6 Å². The number of primary sulfonamides is 1. The number of rotatable bonds is 6. The van der Waals surface area contributed by atoms with Gasteiger partial charge in [-0.3, -0.25) is 0 Å². The molecule has 1 saturated carbocycles. The fourth-order valence-corrected chi connectivity index (χ4v) is 3.00. The molecule has 0 heterocycles. The summed E-state index contributed by atoms with van der Waals surface area (Å²) in [5, 5.41) is 8.03. The second kappa shape index (κ2) is 7.65. The van der Waals surface area contributed by atoms with Crippen LogP contribution in [0.25, 0.3) is 0 Å². The number of sulfonamides is 1. The molecule has 1 aromatic carbocycles. The number of urea groups is 1. The van der Waals surface area contributed by atoms with Crippen LogP contribution in [0.4, 0.5) is 4.79 Å². The summed E-state index contributed by atoms with van der Waals surface area (Å²) in [6.45, 7) is 0.763. The minimum Gasteiger partial charge on any atom is -0.492 e. The van der Waals surface area contributed by atoms with Gasteiger partial charge in [0, 0.05) is 13.1 Å². The fourth-order valence-electron chi connectivity index (χ4n) is 2.48. The number of nitrogens with two attached hydrogens (primary N) is 1. The quantitative estimate of drug-likeness (QED) is 0.814. The molecule has 7 nitrogen and oxygen atoms in total. The first-order valence-corrected chi connectivity index (χ1v) is 9.18. The second-order valence-corrected chi connectivity index (χ2v) is 7.28. The highest BCUT2D eigenvalue weighted by Gasteiger charge is 2.18. The number of carbonyl (C=O) groups excluding carboxylic acids is 1. The van der Waals surface area contributed by atoms with Gasteiger partial charge in [-0.1, -0.05) is 12.8 Å². The standard InChI is InChI=1S/C15H23N3O4S/c1-18(15(19)17-12-4-2-3-5-12)10-11-22-13-6-8-14(9-7-13)23(16,20)21/h6-9,12H,2-5,10-11H2,1H3,(H,17,19)(H2,16,20,21). The molecule has 0 aliphatic heterocycles. The van der Waals surface area contributed by atoms with E-state index in [0.29, 0.717) is 18.9 Å². The maximum Gasteiger partial charge on any atom is 0.317 e. The molecule has 1 aromatic rings. The Morgan fingerprint density at radius 2 is 1.91 bits per heavy atom. The molecule has 0 bridgehead atoms. The van der Waals surface area contributed by atoms with Crippen LogP contribution in [-0.4, -0.2) is 45.6 Å². The first-order chi connectivity index (χ1) is 10.9.